The minimum atomic E-state index is -0.986. The van der Waals surface area contributed by atoms with Gasteiger partial charge >= 0.3 is 11.9 Å². The zero-order chi connectivity index (χ0) is 13.5. The van der Waals surface area contributed by atoms with Gasteiger partial charge in [0.1, 0.15) is 0 Å². The molecule has 8 heteroatoms. The highest BCUT2D eigenvalue weighted by Gasteiger charge is 2.09. The minimum Gasteiger partial charge on any atom is -0.481 e. The van der Waals surface area contributed by atoms with Gasteiger partial charge in [-0.05, 0) is 6.42 Å². The Bertz CT molecular complexity index is 457. The Morgan fingerprint density at radius 3 is 2.56 bits per heavy atom. The van der Waals surface area contributed by atoms with Gasteiger partial charge in [-0.25, -0.2) is 4.98 Å². The van der Waals surface area contributed by atoms with Crippen molar-refractivity contribution in [2.45, 2.75) is 25.7 Å². The van der Waals surface area contributed by atoms with E-state index in [0.29, 0.717) is 10.8 Å². The number of amides is 1. The second-order valence-electron chi connectivity index (χ2n) is 3.51. The smallest absolute Gasteiger partial charge is 0.309 e. The predicted octanol–water partition coefficient (Wildman–Crippen LogP) is 0.964. The summed E-state index contributed by atoms with van der Waals surface area (Å²) in [5, 5.41) is 21.3. The van der Waals surface area contributed by atoms with Crippen molar-refractivity contribution in [2.75, 3.05) is 5.32 Å². The number of nitrogens with zero attached hydrogens (tertiary/aromatic N) is 1. The molecule has 0 aliphatic rings. The third-order valence-corrected chi connectivity index (χ3v) is 2.73. The molecule has 0 unspecified atom stereocenters. The molecule has 18 heavy (non-hydrogen) atoms. The quantitative estimate of drug-likeness (QED) is 0.680. The average molecular weight is 272 g/mol. The Labute approximate surface area is 106 Å². The van der Waals surface area contributed by atoms with Crippen LogP contribution in [0.25, 0.3) is 0 Å². The van der Waals surface area contributed by atoms with Crippen molar-refractivity contribution in [2.24, 2.45) is 0 Å². The van der Waals surface area contributed by atoms with Gasteiger partial charge in [0.25, 0.3) is 0 Å². The Hall–Kier alpha value is -1.96. The third kappa shape index (κ3) is 5.39. The summed E-state index contributed by atoms with van der Waals surface area (Å²) in [4.78, 5) is 36.0. The molecule has 0 aliphatic carbocycles. The van der Waals surface area contributed by atoms with Crippen LogP contribution in [-0.4, -0.2) is 33.0 Å². The molecule has 98 valence electrons. The van der Waals surface area contributed by atoms with Crippen LogP contribution in [0.1, 0.15) is 25.0 Å². The van der Waals surface area contributed by atoms with Crippen molar-refractivity contribution in [3.8, 4) is 0 Å². The Morgan fingerprint density at radius 2 is 1.94 bits per heavy atom. The fourth-order valence-corrected chi connectivity index (χ4v) is 1.91. The van der Waals surface area contributed by atoms with Crippen molar-refractivity contribution < 1.29 is 24.6 Å². The summed E-state index contributed by atoms with van der Waals surface area (Å²) in [7, 11) is 0. The first-order valence-corrected chi connectivity index (χ1v) is 6.03. The molecule has 1 rings (SSSR count). The topological polar surface area (TPSA) is 117 Å². The maximum Gasteiger partial charge on any atom is 0.309 e. The maximum atomic E-state index is 11.4. The summed E-state index contributed by atoms with van der Waals surface area (Å²) in [6.45, 7) is 0. The number of aromatic nitrogens is 1. The normalized spacial score (nSPS) is 10.0. The van der Waals surface area contributed by atoms with E-state index in [0.717, 1.165) is 11.3 Å². The maximum absolute atomic E-state index is 11.4. The number of nitrogens with one attached hydrogen (secondary N) is 1. The van der Waals surface area contributed by atoms with Gasteiger partial charge in [-0.2, -0.15) is 0 Å². The summed E-state index contributed by atoms with van der Waals surface area (Å²) in [5.74, 6) is -2.26. The van der Waals surface area contributed by atoms with Crippen LogP contribution >= 0.6 is 11.3 Å². The molecule has 0 aliphatic heterocycles. The zero-order valence-corrected chi connectivity index (χ0v) is 10.2. The van der Waals surface area contributed by atoms with Crippen LogP contribution in [0, 0.1) is 0 Å². The molecule has 1 amide bonds. The number of aliphatic carboxylic acids is 2. The molecular formula is C10H12N2O5S. The second-order valence-corrected chi connectivity index (χ2v) is 4.37. The van der Waals surface area contributed by atoms with E-state index in [4.69, 9.17) is 10.2 Å². The van der Waals surface area contributed by atoms with E-state index in [2.05, 4.69) is 10.3 Å². The number of carbonyl (C=O) groups excluding carboxylic acids is 1. The fraction of sp³-hybridized carbons (Fsp3) is 0.400. The average Bonchev–Trinajstić information content (AvgIpc) is 2.63. The van der Waals surface area contributed by atoms with Crippen molar-refractivity contribution in [1.29, 1.82) is 0 Å². The molecule has 1 aromatic rings. The summed E-state index contributed by atoms with van der Waals surface area (Å²) >= 11 is 1.14. The number of carboxylic acids is 2. The molecule has 0 bridgehead atoms. The number of hydrogen-bond donors (Lipinski definition) is 3. The van der Waals surface area contributed by atoms with Gasteiger partial charge in [-0.3, -0.25) is 14.4 Å². The van der Waals surface area contributed by atoms with Crippen LogP contribution in [0.5, 0.6) is 0 Å². The van der Waals surface area contributed by atoms with Gasteiger partial charge in [0.2, 0.25) is 5.91 Å². The SMILES string of the molecule is O=C(O)CCCC(=O)Nc1nc(CC(=O)O)cs1. The number of rotatable bonds is 7. The summed E-state index contributed by atoms with van der Waals surface area (Å²) in [6, 6.07) is 0. The van der Waals surface area contributed by atoms with E-state index < -0.39 is 11.9 Å². The van der Waals surface area contributed by atoms with Crippen molar-refractivity contribution >= 4 is 34.3 Å². The number of anilines is 1. The van der Waals surface area contributed by atoms with Crippen LogP contribution in [0.15, 0.2) is 5.38 Å². The Balaban J connectivity index is 2.37. The van der Waals surface area contributed by atoms with Gasteiger partial charge in [-0.1, -0.05) is 0 Å². The molecule has 0 aromatic carbocycles. The van der Waals surface area contributed by atoms with Gasteiger partial charge < -0.3 is 15.5 Å². The lowest BCUT2D eigenvalue weighted by Gasteiger charge is -1.99. The monoisotopic (exact) mass is 272 g/mol. The fourth-order valence-electron chi connectivity index (χ4n) is 1.18. The lowest BCUT2D eigenvalue weighted by Crippen LogP contribution is -2.12. The van der Waals surface area contributed by atoms with E-state index >= 15 is 0 Å². The van der Waals surface area contributed by atoms with Gasteiger partial charge in [0, 0.05) is 18.2 Å². The van der Waals surface area contributed by atoms with Crippen molar-refractivity contribution in [3.05, 3.63) is 11.1 Å². The van der Waals surface area contributed by atoms with Crippen molar-refractivity contribution in [3.63, 3.8) is 0 Å². The highest BCUT2D eigenvalue weighted by molar-refractivity contribution is 7.13. The van der Waals surface area contributed by atoms with Crippen LogP contribution in [0.2, 0.25) is 0 Å². The van der Waals surface area contributed by atoms with Crippen LogP contribution < -0.4 is 5.32 Å². The molecular weight excluding hydrogens is 260 g/mol. The standard InChI is InChI=1S/C10H12N2O5S/c13-7(2-1-3-8(14)15)12-10-11-6(5-18-10)4-9(16)17/h5H,1-4H2,(H,14,15)(H,16,17)(H,11,12,13). The van der Waals surface area contributed by atoms with E-state index in [-0.39, 0.29) is 31.6 Å². The van der Waals surface area contributed by atoms with Crippen LogP contribution in [-0.2, 0) is 20.8 Å². The number of thiazole rings is 1. The van der Waals surface area contributed by atoms with Crippen molar-refractivity contribution in [1.82, 2.24) is 4.98 Å². The molecule has 0 atom stereocenters. The largest absolute Gasteiger partial charge is 0.481 e. The number of carboxylic acid groups (broad SMARTS) is 2. The van der Waals surface area contributed by atoms with Gasteiger partial charge in [0.05, 0.1) is 12.1 Å². The highest BCUT2D eigenvalue weighted by atomic mass is 32.1. The van der Waals surface area contributed by atoms with E-state index in [9.17, 15) is 14.4 Å². The molecule has 1 heterocycles. The van der Waals surface area contributed by atoms with Gasteiger partial charge in [0.15, 0.2) is 5.13 Å². The Morgan fingerprint density at radius 1 is 1.22 bits per heavy atom. The molecule has 0 saturated carbocycles. The third-order valence-electron chi connectivity index (χ3n) is 1.92. The summed E-state index contributed by atoms with van der Waals surface area (Å²) < 4.78 is 0. The van der Waals surface area contributed by atoms with Crippen LogP contribution in [0.3, 0.4) is 0 Å². The van der Waals surface area contributed by atoms with E-state index in [1.807, 2.05) is 0 Å². The molecule has 7 nitrogen and oxygen atoms in total. The number of hydrogen-bond acceptors (Lipinski definition) is 5. The predicted molar refractivity (Wildman–Crippen MR) is 63.6 cm³/mol. The molecule has 1 aromatic heterocycles. The zero-order valence-electron chi connectivity index (χ0n) is 9.38. The van der Waals surface area contributed by atoms with Crippen LogP contribution in [0.4, 0.5) is 5.13 Å². The molecule has 0 fully saturated rings. The first kappa shape index (κ1) is 14.1. The first-order chi connectivity index (χ1) is 8.47. The molecule has 0 spiro atoms. The highest BCUT2D eigenvalue weighted by Crippen LogP contribution is 2.16. The lowest BCUT2D eigenvalue weighted by atomic mass is 10.2. The minimum absolute atomic E-state index is 0.0600. The second kappa shape index (κ2) is 6.70. The lowest BCUT2D eigenvalue weighted by molar-refractivity contribution is -0.137. The first-order valence-electron chi connectivity index (χ1n) is 5.15. The van der Waals surface area contributed by atoms with E-state index in [1.165, 1.54) is 0 Å². The van der Waals surface area contributed by atoms with Gasteiger partial charge in [-0.15, -0.1) is 11.3 Å². The molecule has 0 radical (unpaired) electrons. The summed E-state index contributed by atoms with van der Waals surface area (Å²) in [5.41, 5.74) is 0.383. The Kier molecular flexibility index (Phi) is 5.25. The van der Waals surface area contributed by atoms with E-state index in [1.54, 1.807) is 5.38 Å². The molecule has 0 saturated heterocycles. The molecule has 3 N–H and O–H groups in total. The number of carbonyl (C=O) groups is 3. The summed E-state index contributed by atoms with van der Waals surface area (Å²) in [6.07, 6.45) is 0.107.